The van der Waals surface area contributed by atoms with Gasteiger partial charge in [0.1, 0.15) is 0 Å². The van der Waals surface area contributed by atoms with Crippen LogP contribution < -0.4 is 5.32 Å². The van der Waals surface area contributed by atoms with E-state index in [9.17, 15) is 9.59 Å². The number of hydrogen-bond acceptors (Lipinski definition) is 3. The standard InChI is InChI=1S/C18H28N2O2/c1-3-20(4-2)15-9-8-14-19-18(22)13-12-17(21)16-10-6-5-7-11-16/h5-7,10-11H,3-4,8-9,12-15H2,1-2H3,(H,19,22). The second kappa shape index (κ2) is 11.0. The number of hydrogen-bond donors (Lipinski definition) is 1. The van der Waals surface area contributed by atoms with Crippen molar-refractivity contribution in [3.05, 3.63) is 35.9 Å². The minimum atomic E-state index is -0.0351. The van der Waals surface area contributed by atoms with E-state index in [1.807, 2.05) is 18.2 Å². The Bertz CT molecular complexity index is 442. The van der Waals surface area contributed by atoms with Crippen molar-refractivity contribution in [3.63, 3.8) is 0 Å². The summed E-state index contributed by atoms with van der Waals surface area (Å²) in [5.41, 5.74) is 0.675. The molecular weight excluding hydrogens is 276 g/mol. The Morgan fingerprint density at radius 3 is 2.32 bits per heavy atom. The number of nitrogens with one attached hydrogen (secondary N) is 1. The van der Waals surface area contributed by atoms with Crippen molar-refractivity contribution in [1.29, 1.82) is 0 Å². The Kier molecular flexibility index (Phi) is 9.15. The van der Waals surface area contributed by atoms with Gasteiger partial charge in [-0.1, -0.05) is 44.2 Å². The number of carbonyl (C=O) groups excluding carboxylic acids is 2. The Morgan fingerprint density at radius 2 is 1.68 bits per heavy atom. The molecule has 1 N–H and O–H groups in total. The van der Waals surface area contributed by atoms with Crippen molar-refractivity contribution >= 4 is 11.7 Å². The van der Waals surface area contributed by atoms with Crippen molar-refractivity contribution in [2.45, 2.75) is 39.5 Å². The molecule has 0 saturated heterocycles. The van der Waals surface area contributed by atoms with E-state index < -0.39 is 0 Å². The van der Waals surface area contributed by atoms with E-state index in [4.69, 9.17) is 0 Å². The summed E-state index contributed by atoms with van der Waals surface area (Å²) < 4.78 is 0. The van der Waals surface area contributed by atoms with Gasteiger partial charge in [-0.05, 0) is 32.5 Å². The van der Waals surface area contributed by atoms with Crippen LogP contribution in [0, 0.1) is 0 Å². The lowest BCUT2D eigenvalue weighted by Gasteiger charge is -2.17. The van der Waals surface area contributed by atoms with Crippen LogP contribution in [-0.4, -0.2) is 42.8 Å². The molecule has 0 fully saturated rings. The molecule has 0 bridgehead atoms. The Labute approximate surface area is 133 Å². The van der Waals surface area contributed by atoms with Gasteiger partial charge in [-0.25, -0.2) is 0 Å². The number of rotatable bonds is 11. The summed E-state index contributed by atoms with van der Waals surface area (Å²) in [7, 11) is 0. The zero-order chi connectivity index (χ0) is 16.2. The van der Waals surface area contributed by atoms with Crippen LogP contribution in [0.4, 0.5) is 0 Å². The Hall–Kier alpha value is -1.68. The third-order valence-corrected chi connectivity index (χ3v) is 3.79. The number of Topliss-reactive ketones (excluding diaryl/α,β-unsaturated/α-hetero) is 1. The minimum absolute atomic E-state index is 0.0253. The fourth-order valence-corrected chi connectivity index (χ4v) is 2.31. The van der Waals surface area contributed by atoms with Gasteiger partial charge in [-0.3, -0.25) is 9.59 Å². The van der Waals surface area contributed by atoms with Crippen molar-refractivity contribution in [3.8, 4) is 0 Å². The second-order valence-electron chi connectivity index (χ2n) is 5.37. The van der Waals surface area contributed by atoms with Gasteiger partial charge in [0.15, 0.2) is 5.78 Å². The molecule has 0 aromatic heterocycles. The van der Waals surface area contributed by atoms with Crippen LogP contribution in [0.5, 0.6) is 0 Å². The van der Waals surface area contributed by atoms with E-state index in [2.05, 4.69) is 24.1 Å². The highest BCUT2D eigenvalue weighted by Crippen LogP contribution is 2.05. The number of benzene rings is 1. The summed E-state index contributed by atoms with van der Waals surface area (Å²) in [5, 5.41) is 2.89. The predicted molar refractivity (Wildman–Crippen MR) is 90.0 cm³/mol. The summed E-state index contributed by atoms with van der Waals surface area (Å²) in [6, 6.07) is 9.12. The van der Waals surface area contributed by atoms with Crippen molar-refractivity contribution < 1.29 is 9.59 Å². The SMILES string of the molecule is CCN(CC)CCCCNC(=O)CCC(=O)c1ccccc1. The van der Waals surface area contributed by atoms with E-state index in [1.165, 1.54) is 0 Å². The molecule has 0 saturated carbocycles. The maximum Gasteiger partial charge on any atom is 0.220 e. The molecule has 0 aliphatic heterocycles. The molecule has 0 aliphatic rings. The zero-order valence-corrected chi connectivity index (χ0v) is 13.8. The molecule has 22 heavy (non-hydrogen) atoms. The lowest BCUT2D eigenvalue weighted by molar-refractivity contribution is -0.121. The van der Waals surface area contributed by atoms with Crippen molar-refractivity contribution in [2.24, 2.45) is 0 Å². The van der Waals surface area contributed by atoms with Crippen LogP contribution in [0.2, 0.25) is 0 Å². The first kappa shape index (κ1) is 18.4. The summed E-state index contributed by atoms with van der Waals surface area (Å²) in [5.74, 6) is -0.00981. The third kappa shape index (κ3) is 7.36. The first-order valence-electron chi connectivity index (χ1n) is 8.24. The quantitative estimate of drug-likeness (QED) is 0.505. The van der Waals surface area contributed by atoms with Gasteiger partial charge in [0.2, 0.25) is 5.91 Å². The van der Waals surface area contributed by atoms with Crippen LogP contribution in [0.15, 0.2) is 30.3 Å². The number of carbonyl (C=O) groups is 2. The lowest BCUT2D eigenvalue weighted by atomic mass is 10.1. The molecule has 0 unspecified atom stereocenters. The number of amides is 1. The molecular formula is C18H28N2O2. The molecule has 0 atom stereocenters. The van der Waals surface area contributed by atoms with Gasteiger partial charge < -0.3 is 10.2 Å². The van der Waals surface area contributed by atoms with Crippen molar-refractivity contribution in [2.75, 3.05) is 26.2 Å². The molecule has 1 amide bonds. The summed E-state index contributed by atoms with van der Waals surface area (Å²) >= 11 is 0. The van der Waals surface area contributed by atoms with E-state index >= 15 is 0 Å². The summed E-state index contributed by atoms with van der Waals surface area (Å²) in [6.45, 7) is 8.24. The van der Waals surface area contributed by atoms with Gasteiger partial charge in [0.25, 0.3) is 0 Å². The van der Waals surface area contributed by atoms with Crippen LogP contribution in [-0.2, 0) is 4.79 Å². The largest absolute Gasteiger partial charge is 0.356 e. The van der Waals surface area contributed by atoms with Gasteiger partial charge in [0, 0.05) is 24.9 Å². The maximum absolute atomic E-state index is 11.9. The monoisotopic (exact) mass is 304 g/mol. The van der Waals surface area contributed by atoms with Crippen molar-refractivity contribution in [1.82, 2.24) is 10.2 Å². The van der Waals surface area contributed by atoms with Gasteiger partial charge in [0.05, 0.1) is 0 Å². The van der Waals surface area contributed by atoms with Crippen LogP contribution >= 0.6 is 0 Å². The van der Waals surface area contributed by atoms with Crippen LogP contribution in [0.1, 0.15) is 49.9 Å². The molecule has 122 valence electrons. The second-order valence-corrected chi connectivity index (χ2v) is 5.37. The van der Waals surface area contributed by atoms with E-state index in [1.54, 1.807) is 12.1 Å². The lowest BCUT2D eigenvalue weighted by Crippen LogP contribution is -2.27. The first-order chi connectivity index (χ1) is 10.7. The van der Waals surface area contributed by atoms with E-state index in [0.29, 0.717) is 12.1 Å². The molecule has 0 radical (unpaired) electrons. The third-order valence-electron chi connectivity index (χ3n) is 3.79. The van der Waals surface area contributed by atoms with Gasteiger partial charge in [-0.15, -0.1) is 0 Å². The minimum Gasteiger partial charge on any atom is -0.356 e. The van der Waals surface area contributed by atoms with Gasteiger partial charge in [-0.2, -0.15) is 0 Å². The average molecular weight is 304 g/mol. The first-order valence-corrected chi connectivity index (χ1v) is 8.24. The molecule has 0 spiro atoms. The topological polar surface area (TPSA) is 49.4 Å². The van der Waals surface area contributed by atoms with Crippen LogP contribution in [0.3, 0.4) is 0 Å². The molecule has 1 rings (SSSR count). The molecule has 0 aliphatic carbocycles. The molecule has 0 heterocycles. The summed E-state index contributed by atoms with van der Waals surface area (Å²) in [6.07, 6.45) is 2.61. The molecule has 4 heteroatoms. The highest BCUT2D eigenvalue weighted by molar-refractivity contribution is 5.97. The fraction of sp³-hybridized carbons (Fsp3) is 0.556. The van der Waals surface area contributed by atoms with E-state index in [-0.39, 0.29) is 24.5 Å². The van der Waals surface area contributed by atoms with Gasteiger partial charge >= 0.3 is 0 Å². The smallest absolute Gasteiger partial charge is 0.220 e. The highest BCUT2D eigenvalue weighted by Gasteiger charge is 2.08. The Morgan fingerprint density at radius 1 is 1.00 bits per heavy atom. The van der Waals surface area contributed by atoms with Crippen LogP contribution in [0.25, 0.3) is 0 Å². The number of ketones is 1. The maximum atomic E-state index is 11.9. The average Bonchev–Trinajstić information content (AvgIpc) is 2.56. The molecule has 4 nitrogen and oxygen atoms in total. The zero-order valence-electron chi connectivity index (χ0n) is 13.8. The number of unbranched alkanes of at least 4 members (excludes halogenated alkanes) is 1. The molecule has 1 aromatic carbocycles. The highest BCUT2D eigenvalue weighted by atomic mass is 16.2. The number of nitrogens with zero attached hydrogens (tertiary/aromatic N) is 1. The Balaban J connectivity index is 2.10. The fourth-order valence-electron chi connectivity index (χ4n) is 2.31. The normalized spacial score (nSPS) is 10.7. The predicted octanol–water partition coefficient (Wildman–Crippen LogP) is 2.89. The summed E-state index contributed by atoms with van der Waals surface area (Å²) in [4.78, 5) is 26.0. The van der Waals surface area contributed by atoms with E-state index in [0.717, 1.165) is 32.5 Å². The molecule has 1 aromatic rings.